The van der Waals surface area contributed by atoms with E-state index in [1.54, 1.807) is 18.2 Å². The van der Waals surface area contributed by atoms with Gasteiger partial charge in [-0.3, -0.25) is 0 Å². The fraction of sp³-hybridized carbons (Fsp3) is 0.455. The quantitative estimate of drug-likeness (QED) is 0.579. The van der Waals surface area contributed by atoms with E-state index in [2.05, 4.69) is 0 Å². The van der Waals surface area contributed by atoms with E-state index in [9.17, 15) is 17.6 Å². The minimum absolute atomic E-state index is 0.0636. The molecule has 2 aliphatic rings. The minimum atomic E-state index is -4.34. The molecule has 0 aromatic heterocycles. The van der Waals surface area contributed by atoms with E-state index in [4.69, 9.17) is 9.47 Å². The molecule has 3 unspecified atom stereocenters. The van der Waals surface area contributed by atoms with Crippen molar-refractivity contribution in [3.63, 3.8) is 0 Å². The number of alkyl halides is 3. The topological polar surface area (TPSA) is 18.5 Å². The van der Waals surface area contributed by atoms with Gasteiger partial charge in [0.05, 0.1) is 18.8 Å². The first-order valence-corrected chi connectivity index (χ1v) is 9.55. The third kappa shape index (κ3) is 4.08. The standard InChI is InChI=1S/C22H22F4O2/c23-20-6-4-15(5-7-20)17-8-10-21(27-13-17)11-9-18(14-28-21)16-2-1-3-19(12-16)22(24,25)26/h1-7,12,17-18H,8-11,13-14H2. The van der Waals surface area contributed by atoms with Crippen LogP contribution in [0.4, 0.5) is 17.6 Å². The second-order valence-corrected chi connectivity index (χ2v) is 7.68. The summed E-state index contributed by atoms with van der Waals surface area (Å²) in [6.07, 6.45) is -1.36. The van der Waals surface area contributed by atoms with Crippen molar-refractivity contribution in [1.82, 2.24) is 0 Å². The number of benzene rings is 2. The van der Waals surface area contributed by atoms with Gasteiger partial charge in [-0.2, -0.15) is 13.2 Å². The summed E-state index contributed by atoms with van der Waals surface area (Å²) in [5.41, 5.74) is 1.08. The number of ether oxygens (including phenoxy) is 2. The summed E-state index contributed by atoms with van der Waals surface area (Å²) < 4.78 is 64.0. The van der Waals surface area contributed by atoms with Gasteiger partial charge in [0.25, 0.3) is 0 Å². The van der Waals surface area contributed by atoms with Gasteiger partial charge < -0.3 is 9.47 Å². The maximum absolute atomic E-state index is 13.1. The molecule has 3 atom stereocenters. The van der Waals surface area contributed by atoms with E-state index < -0.39 is 17.5 Å². The normalized spacial score (nSPS) is 28.4. The van der Waals surface area contributed by atoms with E-state index >= 15 is 0 Å². The van der Waals surface area contributed by atoms with Crippen LogP contribution in [0.5, 0.6) is 0 Å². The zero-order valence-corrected chi connectivity index (χ0v) is 15.3. The zero-order chi connectivity index (χ0) is 19.8. The van der Waals surface area contributed by atoms with Gasteiger partial charge in [0.15, 0.2) is 5.79 Å². The molecule has 1 spiro atoms. The van der Waals surface area contributed by atoms with E-state index in [-0.39, 0.29) is 17.7 Å². The first-order chi connectivity index (χ1) is 13.3. The molecule has 28 heavy (non-hydrogen) atoms. The van der Waals surface area contributed by atoms with Crippen LogP contribution in [-0.2, 0) is 15.7 Å². The highest BCUT2D eigenvalue weighted by molar-refractivity contribution is 5.29. The van der Waals surface area contributed by atoms with Crippen molar-refractivity contribution in [2.24, 2.45) is 0 Å². The van der Waals surface area contributed by atoms with Gasteiger partial charge >= 0.3 is 6.18 Å². The summed E-state index contributed by atoms with van der Waals surface area (Å²) in [5.74, 6) is -0.759. The molecule has 2 aliphatic heterocycles. The SMILES string of the molecule is Fc1ccc(C2CCC3(CCC(c4cccc(C(F)(F)F)c4)CO3)OC2)cc1. The van der Waals surface area contributed by atoms with Crippen LogP contribution in [0.2, 0.25) is 0 Å². The number of hydrogen-bond donors (Lipinski definition) is 0. The van der Waals surface area contributed by atoms with Gasteiger partial charge in [-0.15, -0.1) is 0 Å². The Morgan fingerprint density at radius 1 is 0.821 bits per heavy atom. The Hall–Kier alpha value is -1.92. The Morgan fingerprint density at radius 3 is 1.96 bits per heavy atom. The third-order valence-electron chi connectivity index (χ3n) is 5.87. The average Bonchev–Trinajstić information content (AvgIpc) is 2.69. The van der Waals surface area contributed by atoms with Gasteiger partial charge in [-0.1, -0.05) is 30.3 Å². The lowest BCUT2D eigenvalue weighted by Gasteiger charge is -2.44. The maximum atomic E-state index is 13.1. The summed E-state index contributed by atoms with van der Waals surface area (Å²) in [6.45, 7) is 0.850. The number of hydrogen-bond acceptors (Lipinski definition) is 2. The van der Waals surface area contributed by atoms with Crippen molar-refractivity contribution in [3.05, 3.63) is 71.0 Å². The van der Waals surface area contributed by atoms with Crippen molar-refractivity contribution >= 4 is 0 Å². The molecule has 0 radical (unpaired) electrons. The molecule has 0 amide bonds. The van der Waals surface area contributed by atoms with E-state index in [1.807, 2.05) is 0 Å². The predicted octanol–water partition coefficient (Wildman–Crippen LogP) is 6.03. The molecule has 2 nitrogen and oxygen atoms in total. The monoisotopic (exact) mass is 394 g/mol. The first kappa shape index (κ1) is 19.4. The lowest BCUT2D eigenvalue weighted by atomic mass is 9.84. The molecule has 0 aliphatic carbocycles. The van der Waals surface area contributed by atoms with E-state index in [1.165, 1.54) is 24.3 Å². The molecular weight excluding hydrogens is 372 g/mol. The van der Waals surface area contributed by atoms with Crippen LogP contribution in [0.3, 0.4) is 0 Å². The Bertz CT molecular complexity index is 798. The Morgan fingerprint density at radius 2 is 1.43 bits per heavy atom. The van der Waals surface area contributed by atoms with Gasteiger partial charge in [-0.05, 0) is 42.2 Å². The smallest absolute Gasteiger partial charge is 0.349 e. The van der Waals surface area contributed by atoms with Crippen LogP contribution in [0.1, 0.15) is 54.2 Å². The zero-order valence-electron chi connectivity index (χ0n) is 15.3. The second kappa shape index (κ2) is 7.48. The van der Waals surface area contributed by atoms with Crippen LogP contribution in [0, 0.1) is 5.82 Å². The average molecular weight is 394 g/mol. The van der Waals surface area contributed by atoms with Crippen molar-refractivity contribution in [2.45, 2.75) is 49.5 Å². The van der Waals surface area contributed by atoms with Crippen molar-refractivity contribution in [1.29, 1.82) is 0 Å². The Labute approximate surface area is 161 Å². The fourth-order valence-electron chi connectivity index (χ4n) is 4.14. The first-order valence-electron chi connectivity index (χ1n) is 9.55. The molecule has 4 rings (SSSR count). The van der Waals surface area contributed by atoms with Crippen LogP contribution >= 0.6 is 0 Å². The van der Waals surface area contributed by atoms with Crippen LogP contribution in [0.25, 0.3) is 0 Å². The second-order valence-electron chi connectivity index (χ2n) is 7.68. The van der Waals surface area contributed by atoms with Crippen molar-refractivity contribution in [3.8, 4) is 0 Å². The number of halogens is 4. The van der Waals surface area contributed by atoms with Crippen molar-refractivity contribution < 1.29 is 27.0 Å². The molecule has 0 bridgehead atoms. The van der Waals surface area contributed by atoms with Crippen molar-refractivity contribution in [2.75, 3.05) is 13.2 Å². The largest absolute Gasteiger partial charge is 0.416 e. The van der Waals surface area contributed by atoms with Crippen LogP contribution in [-0.4, -0.2) is 19.0 Å². The Kier molecular flexibility index (Phi) is 5.19. The number of rotatable bonds is 2. The molecule has 0 N–H and O–H groups in total. The summed E-state index contributed by atoms with van der Waals surface area (Å²) in [4.78, 5) is 0. The molecule has 6 heteroatoms. The molecule has 2 fully saturated rings. The fourth-order valence-corrected chi connectivity index (χ4v) is 4.14. The minimum Gasteiger partial charge on any atom is -0.349 e. The molecule has 2 saturated heterocycles. The van der Waals surface area contributed by atoms with Gasteiger partial charge in [-0.25, -0.2) is 4.39 Å². The van der Waals surface area contributed by atoms with Gasteiger partial charge in [0.1, 0.15) is 5.82 Å². The lowest BCUT2D eigenvalue weighted by Crippen LogP contribution is -2.45. The molecule has 2 aromatic rings. The highest BCUT2D eigenvalue weighted by atomic mass is 19.4. The molecule has 2 aromatic carbocycles. The van der Waals surface area contributed by atoms with Gasteiger partial charge in [0, 0.05) is 24.7 Å². The van der Waals surface area contributed by atoms with E-state index in [0.717, 1.165) is 30.9 Å². The molecular formula is C22H22F4O2. The van der Waals surface area contributed by atoms with Crippen LogP contribution < -0.4 is 0 Å². The molecule has 0 saturated carbocycles. The summed E-state index contributed by atoms with van der Waals surface area (Å²) in [6, 6.07) is 12.0. The molecule has 2 heterocycles. The van der Waals surface area contributed by atoms with E-state index in [0.29, 0.717) is 25.2 Å². The highest BCUT2D eigenvalue weighted by Gasteiger charge is 2.42. The Balaban J connectivity index is 1.36. The van der Waals surface area contributed by atoms with Crippen LogP contribution in [0.15, 0.2) is 48.5 Å². The molecule has 150 valence electrons. The highest BCUT2D eigenvalue weighted by Crippen LogP contribution is 2.43. The maximum Gasteiger partial charge on any atom is 0.416 e. The lowest BCUT2D eigenvalue weighted by molar-refractivity contribution is -0.278. The predicted molar refractivity (Wildman–Crippen MR) is 96.4 cm³/mol. The summed E-state index contributed by atoms with van der Waals surface area (Å²) in [5, 5.41) is 0. The summed E-state index contributed by atoms with van der Waals surface area (Å²) in [7, 11) is 0. The van der Waals surface area contributed by atoms with Gasteiger partial charge in [0.2, 0.25) is 0 Å². The third-order valence-corrected chi connectivity index (χ3v) is 5.87. The summed E-state index contributed by atoms with van der Waals surface area (Å²) >= 11 is 0.